The van der Waals surface area contributed by atoms with Crippen LogP contribution >= 0.6 is 11.3 Å². The number of halogens is 5. The number of ether oxygens (including phenoxy) is 5. The van der Waals surface area contributed by atoms with E-state index in [9.17, 15) is 31.5 Å². The van der Waals surface area contributed by atoms with Crippen molar-refractivity contribution in [3.8, 4) is 17.2 Å². The monoisotopic (exact) mass is 654 g/mol. The third-order valence-electron chi connectivity index (χ3n) is 8.93. The first kappa shape index (κ1) is 28.5. The van der Waals surface area contributed by atoms with Crippen LogP contribution in [0.4, 0.5) is 32.8 Å². The summed E-state index contributed by atoms with van der Waals surface area (Å²) in [5.41, 5.74) is -3.63. The quantitative estimate of drug-likeness (QED) is 0.372. The number of anilines is 2. The summed E-state index contributed by atoms with van der Waals surface area (Å²) >= 11 is 1.28. The van der Waals surface area contributed by atoms with Crippen molar-refractivity contribution in [1.82, 2.24) is 10.3 Å². The molecule has 0 spiro atoms. The van der Waals surface area contributed by atoms with E-state index in [0.29, 0.717) is 28.6 Å². The van der Waals surface area contributed by atoms with E-state index in [-0.39, 0.29) is 41.3 Å². The Labute approximate surface area is 254 Å². The van der Waals surface area contributed by atoms with E-state index in [1.54, 1.807) is 12.1 Å². The van der Waals surface area contributed by atoms with Crippen LogP contribution in [-0.4, -0.2) is 79.4 Å². The molecule has 1 aliphatic carbocycles. The lowest BCUT2D eigenvalue weighted by Gasteiger charge is -2.52. The Balaban J connectivity index is 1.13. The maximum absolute atomic E-state index is 13.9. The average molecular weight is 655 g/mol. The topological polar surface area (TPSA) is 120 Å². The summed E-state index contributed by atoms with van der Waals surface area (Å²) in [5, 5.41) is 5.85. The van der Waals surface area contributed by atoms with Gasteiger partial charge < -0.3 is 39.2 Å². The van der Waals surface area contributed by atoms with E-state index in [4.69, 9.17) is 19.2 Å². The minimum Gasteiger partial charge on any atom is -0.496 e. The Kier molecular flexibility index (Phi) is 5.89. The first-order valence-electron chi connectivity index (χ1n) is 13.9. The van der Waals surface area contributed by atoms with Crippen molar-refractivity contribution in [2.45, 2.75) is 55.0 Å². The zero-order valence-electron chi connectivity index (χ0n) is 23.3. The predicted molar refractivity (Wildman–Crippen MR) is 146 cm³/mol. The van der Waals surface area contributed by atoms with Crippen LogP contribution in [0.5, 0.6) is 17.2 Å². The normalized spacial score (nSPS) is 28.8. The van der Waals surface area contributed by atoms with Gasteiger partial charge in [0.15, 0.2) is 22.2 Å². The molecule has 9 rings (SSSR count). The highest BCUT2D eigenvalue weighted by Gasteiger charge is 2.74. The second kappa shape index (κ2) is 9.29. The molecule has 5 aliphatic heterocycles. The van der Waals surface area contributed by atoms with Crippen LogP contribution in [0.25, 0.3) is 10.2 Å². The van der Waals surface area contributed by atoms with Crippen molar-refractivity contribution in [2.24, 2.45) is 0 Å². The van der Waals surface area contributed by atoms with Gasteiger partial charge in [0.1, 0.15) is 11.3 Å². The number of hydrogen-bond donors (Lipinski definition) is 2. The van der Waals surface area contributed by atoms with Crippen molar-refractivity contribution in [3.05, 3.63) is 35.4 Å². The van der Waals surface area contributed by atoms with Gasteiger partial charge in [0.05, 0.1) is 66.0 Å². The molecule has 6 aliphatic rings. The Hall–Kier alpha value is -3.96. The molecule has 1 saturated carbocycles. The molecule has 2 amide bonds. The average Bonchev–Trinajstić information content (AvgIpc) is 3.71. The van der Waals surface area contributed by atoms with E-state index in [1.807, 2.05) is 0 Å². The summed E-state index contributed by atoms with van der Waals surface area (Å²) in [4.78, 5) is 34.3. The van der Waals surface area contributed by atoms with Crippen molar-refractivity contribution in [2.75, 3.05) is 37.1 Å². The van der Waals surface area contributed by atoms with Gasteiger partial charge in [0.25, 0.3) is 11.8 Å². The molecule has 5 fully saturated rings. The number of thiazole rings is 1. The van der Waals surface area contributed by atoms with Crippen LogP contribution in [0.1, 0.15) is 40.0 Å². The number of nitrogens with zero attached hydrogens (tertiary/aromatic N) is 2. The number of alkyl halides is 5. The number of rotatable bonds is 6. The van der Waals surface area contributed by atoms with Gasteiger partial charge in [-0.2, -0.15) is 13.2 Å². The standard InChI is InChI=1S/C28H23F5N4O7S/c1-40-17-3-2-15-21(45-24(35-15)37-12-4-13(37)8-41-7-12)20(17)23(39)34-16-6-19-18(43-28(32,33)44-19)5-14(16)22(38)36-25-9-26(10-25,42-11-25)27(29,30)31/h2-3,5-6,12-13H,4,7-11H2,1H3,(H,34,39)(H,36,38). The highest BCUT2D eigenvalue weighted by atomic mass is 32.1. The minimum atomic E-state index is -4.62. The summed E-state index contributed by atoms with van der Waals surface area (Å²) in [6.07, 6.45) is -8.69. The number of methoxy groups -OCH3 is 1. The summed E-state index contributed by atoms with van der Waals surface area (Å²) < 4.78 is 94.0. The Morgan fingerprint density at radius 3 is 2.44 bits per heavy atom. The molecule has 4 bridgehead atoms. The first-order valence-corrected chi connectivity index (χ1v) is 14.7. The van der Waals surface area contributed by atoms with E-state index in [0.717, 1.165) is 18.6 Å². The largest absolute Gasteiger partial charge is 0.586 e. The summed E-state index contributed by atoms with van der Waals surface area (Å²) in [5.74, 6) is -2.42. The first-order chi connectivity index (χ1) is 21.3. The van der Waals surface area contributed by atoms with Crippen LogP contribution in [0.15, 0.2) is 24.3 Å². The van der Waals surface area contributed by atoms with E-state index >= 15 is 0 Å². The third-order valence-corrected chi connectivity index (χ3v) is 10.0. The van der Waals surface area contributed by atoms with Gasteiger partial charge in [-0.05, 0) is 24.6 Å². The predicted octanol–water partition coefficient (Wildman–Crippen LogP) is 4.45. The molecular formula is C28H23F5N4O7S. The van der Waals surface area contributed by atoms with E-state index in [2.05, 4.69) is 25.0 Å². The molecule has 2 unspecified atom stereocenters. The fourth-order valence-corrected chi connectivity index (χ4v) is 8.06. The van der Waals surface area contributed by atoms with E-state index in [1.165, 1.54) is 18.4 Å². The highest BCUT2D eigenvalue weighted by Crippen LogP contribution is 2.59. The number of benzene rings is 2. The zero-order valence-corrected chi connectivity index (χ0v) is 24.1. The fraction of sp³-hybridized carbons (Fsp3) is 0.464. The second-order valence-electron chi connectivity index (χ2n) is 11.8. The molecule has 3 aromatic rings. The van der Waals surface area contributed by atoms with Crippen LogP contribution in [0, 0.1) is 0 Å². The Morgan fingerprint density at radius 2 is 1.80 bits per heavy atom. The summed E-state index contributed by atoms with van der Waals surface area (Å²) in [7, 11) is 1.38. The van der Waals surface area contributed by atoms with Gasteiger partial charge in [-0.1, -0.05) is 11.3 Å². The molecular weight excluding hydrogens is 631 g/mol. The molecule has 2 aromatic carbocycles. The molecule has 45 heavy (non-hydrogen) atoms. The molecule has 238 valence electrons. The number of amides is 2. The van der Waals surface area contributed by atoms with Crippen LogP contribution < -0.4 is 29.7 Å². The van der Waals surface area contributed by atoms with Crippen molar-refractivity contribution in [3.63, 3.8) is 0 Å². The molecule has 4 saturated heterocycles. The second-order valence-corrected chi connectivity index (χ2v) is 12.8. The highest BCUT2D eigenvalue weighted by molar-refractivity contribution is 7.22. The maximum atomic E-state index is 13.9. The number of carbonyl (C=O) groups is 2. The third kappa shape index (κ3) is 4.30. The van der Waals surface area contributed by atoms with Crippen LogP contribution in [0.2, 0.25) is 0 Å². The zero-order chi connectivity index (χ0) is 31.5. The number of morpholine rings is 1. The maximum Gasteiger partial charge on any atom is 0.586 e. The van der Waals surface area contributed by atoms with Gasteiger partial charge >= 0.3 is 12.5 Å². The molecule has 2 N–H and O–H groups in total. The molecule has 2 atom stereocenters. The van der Waals surface area contributed by atoms with Gasteiger partial charge in [0, 0.05) is 18.9 Å². The Bertz CT molecular complexity index is 1760. The van der Waals surface area contributed by atoms with Crippen LogP contribution in [0.3, 0.4) is 0 Å². The lowest BCUT2D eigenvalue weighted by molar-refractivity contribution is -0.286. The smallest absolute Gasteiger partial charge is 0.496 e. The fourth-order valence-electron chi connectivity index (χ4n) is 6.82. The van der Waals surface area contributed by atoms with Gasteiger partial charge in [-0.15, -0.1) is 8.78 Å². The van der Waals surface area contributed by atoms with Gasteiger partial charge in [-0.3, -0.25) is 9.59 Å². The molecule has 17 heteroatoms. The van der Waals surface area contributed by atoms with E-state index < -0.39 is 59.8 Å². The van der Waals surface area contributed by atoms with Crippen molar-refractivity contribution in [1.29, 1.82) is 0 Å². The minimum absolute atomic E-state index is 0.0896. The summed E-state index contributed by atoms with van der Waals surface area (Å²) in [6, 6.07) is 5.57. The number of hydrogen-bond acceptors (Lipinski definition) is 10. The molecule has 11 nitrogen and oxygen atoms in total. The van der Waals surface area contributed by atoms with Crippen LogP contribution in [-0.2, 0) is 9.47 Å². The number of aromatic nitrogens is 1. The lowest BCUT2D eigenvalue weighted by Crippen LogP contribution is -2.64. The SMILES string of the molecule is COc1ccc2nc(N3C4COCC3C4)sc2c1C(=O)Nc1cc2c(cc1C(=O)NC13COC(C(F)(F)F)(C1)C3)OC(F)(F)O2. The molecule has 1 aromatic heterocycles. The summed E-state index contributed by atoms with van der Waals surface area (Å²) in [6.45, 7) is 0.754. The lowest BCUT2D eigenvalue weighted by atomic mass is 9.68. The van der Waals surface area contributed by atoms with Gasteiger partial charge in [-0.25, -0.2) is 4.98 Å². The van der Waals surface area contributed by atoms with Crippen molar-refractivity contribution >= 4 is 44.2 Å². The number of carbonyl (C=O) groups excluding carboxylic acids is 2. The molecule has 0 radical (unpaired) electrons. The Morgan fingerprint density at radius 1 is 1.09 bits per heavy atom. The van der Waals surface area contributed by atoms with Gasteiger partial charge in [0.2, 0.25) is 0 Å². The van der Waals surface area contributed by atoms with Crippen molar-refractivity contribution < 1.29 is 55.2 Å². The molecule has 6 heterocycles. The number of fused-ring (bicyclic) bond motifs is 5. The number of nitrogens with one attached hydrogen (secondary N) is 2.